The van der Waals surface area contributed by atoms with Gasteiger partial charge in [-0.1, -0.05) is 22.0 Å². The zero-order valence-electron chi connectivity index (χ0n) is 12.2. The summed E-state index contributed by atoms with van der Waals surface area (Å²) >= 11 is 3.51. The number of aryl methyl sites for hydroxylation is 2. The van der Waals surface area contributed by atoms with Gasteiger partial charge in [0.25, 0.3) is 0 Å². The Hall–Kier alpha value is -1.68. The van der Waals surface area contributed by atoms with E-state index in [9.17, 15) is 0 Å². The van der Waals surface area contributed by atoms with Crippen molar-refractivity contribution in [3.05, 3.63) is 51.5 Å². The van der Waals surface area contributed by atoms with E-state index in [1.807, 2.05) is 12.1 Å². The first-order valence-electron chi connectivity index (χ1n) is 7.07. The van der Waals surface area contributed by atoms with E-state index in [0.717, 1.165) is 34.4 Å². The highest BCUT2D eigenvalue weighted by Gasteiger charge is 2.24. The smallest absolute Gasteiger partial charge is 0.143 e. The van der Waals surface area contributed by atoms with E-state index in [0.29, 0.717) is 6.04 Å². The van der Waals surface area contributed by atoms with Gasteiger partial charge in [0.05, 0.1) is 18.8 Å². The molecule has 1 aliphatic rings. The van der Waals surface area contributed by atoms with Crippen molar-refractivity contribution in [1.82, 2.24) is 0 Å². The molecule has 0 fully saturated rings. The van der Waals surface area contributed by atoms with Crippen LogP contribution in [0.15, 0.2) is 34.8 Å². The number of ether oxygens (including phenoxy) is 1. The first-order valence-corrected chi connectivity index (χ1v) is 7.86. The zero-order chi connectivity index (χ0) is 15.0. The minimum absolute atomic E-state index is 0.314. The van der Waals surface area contributed by atoms with Crippen LogP contribution in [0.25, 0.3) is 0 Å². The zero-order valence-corrected chi connectivity index (χ0v) is 13.8. The summed E-state index contributed by atoms with van der Waals surface area (Å²) < 4.78 is 6.54. The average Bonchev–Trinajstić information content (AvgIpc) is 2.83. The summed E-state index contributed by atoms with van der Waals surface area (Å²) in [6.45, 7) is 2.09. The van der Waals surface area contributed by atoms with Gasteiger partial charge in [0.2, 0.25) is 0 Å². The van der Waals surface area contributed by atoms with Crippen LogP contribution in [0.4, 0.5) is 11.4 Å². The molecular weight excluding hydrogens is 328 g/mol. The summed E-state index contributed by atoms with van der Waals surface area (Å²) in [5.41, 5.74) is 11.6. The number of hydrogen-bond acceptors (Lipinski definition) is 3. The summed E-state index contributed by atoms with van der Waals surface area (Å²) in [6.07, 6.45) is 2.15. The van der Waals surface area contributed by atoms with E-state index in [2.05, 4.69) is 46.4 Å². The van der Waals surface area contributed by atoms with E-state index in [1.54, 1.807) is 7.11 Å². The van der Waals surface area contributed by atoms with E-state index in [4.69, 9.17) is 10.5 Å². The van der Waals surface area contributed by atoms with Crippen molar-refractivity contribution >= 4 is 27.3 Å². The molecule has 0 aliphatic heterocycles. The van der Waals surface area contributed by atoms with Crippen molar-refractivity contribution in [3.63, 3.8) is 0 Å². The number of rotatable bonds is 3. The molecule has 1 aliphatic carbocycles. The monoisotopic (exact) mass is 346 g/mol. The molecule has 0 saturated carbocycles. The van der Waals surface area contributed by atoms with Gasteiger partial charge in [0.1, 0.15) is 5.75 Å². The molecule has 2 aromatic carbocycles. The van der Waals surface area contributed by atoms with Crippen LogP contribution in [-0.2, 0) is 6.42 Å². The molecule has 0 amide bonds. The molecule has 3 rings (SSSR count). The van der Waals surface area contributed by atoms with Crippen LogP contribution in [0.2, 0.25) is 0 Å². The predicted molar refractivity (Wildman–Crippen MR) is 91.0 cm³/mol. The molecule has 3 N–H and O–H groups in total. The molecule has 2 aromatic rings. The van der Waals surface area contributed by atoms with Gasteiger partial charge in [-0.3, -0.25) is 0 Å². The van der Waals surface area contributed by atoms with Crippen molar-refractivity contribution in [2.24, 2.45) is 0 Å². The average molecular weight is 347 g/mol. The lowest BCUT2D eigenvalue weighted by molar-refractivity contribution is 0.415. The number of methoxy groups -OCH3 is 1. The maximum atomic E-state index is 5.87. The topological polar surface area (TPSA) is 47.3 Å². The highest BCUT2D eigenvalue weighted by atomic mass is 79.9. The van der Waals surface area contributed by atoms with Gasteiger partial charge >= 0.3 is 0 Å². The Bertz CT molecular complexity index is 685. The van der Waals surface area contributed by atoms with Gasteiger partial charge in [-0.05, 0) is 60.7 Å². The molecule has 0 saturated heterocycles. The summed E-state index contributed by atoms with van der Waals surface area (Å²) in [5, 5.41) is 3.64. The second-order valence-electron chi connectivity index (χ2n) is 5.49. The Labute approximate surface area is 133 Å². The van der Waals surface area contributed by atoms with Gasteiger partial charge < -0.3 is 15.8 Å². The Kier molecular flexibility index (Phi) is 3.81. The Morgan fingerprint density at radius 2 is 2.10 bits per heavy atom. The standard InChI is InChI=1S/C17H19BrN2O/c1-10-7-12(18)9-16(21-2)17(10)20-15-6-3-11-8-13(19)4-5-14(11)15/h4-5,7-9,15,20H,3,6,19H2,1-2H3. The lowest BCUT2D eigenvalue weighted by Crippen LogP contribution is -2.09. The number of nitrogens with one attached hydrogen (secondary N) is 1. The van der Waals surface area contributed by atoms with Crippen LogP contribution < -0.4 is 15.8 Å². The molecule has 0 heterocycles. The van der Waals surface area contributed by atoms with Crippen LogP contribution in [0.5, 0.6) is 5.75 Å². The lowest BCUT2D eigenvalue weighted by Gasteiger charge is -2.20. The molecule has 0 bridgehead atoms. The van der Waals surface area contributed by atoms with Crippen LogP contribution in [0.1, 0.15) is 29.2 Å². The maximum absolute atomic E-state index is 5.87. The minimum Gasteiger partial charge on any atom is -0.495 e. The summed E-state index contributed by atoms with van der Waals surface area (Å²) in [5.74, 6) is 0.866. The van der Waals surface area contributed by atoms with E-state index in [-0.39, 0.29) is 0 Å². The molecule has 0 spiro atoms. The van der Waals surface area contributed by atoms with Crippen LogP contribution in [0, 0.1) is 6.92 Å². The second-order valence-corrected chi connectivity index (χ2v) is 6.41. The van der Waals surface area contributed by atoms with Gasteiger partial charge in [-0.25, -0.2) is 0 Å². The van der Waals surface area contributed by atoms with Crippen molar-refractivity contribution in [1.29, 1.82) is 0 Å². The van der Waals surface area contributed by atoms with Gasteiger partial charge in [-0.15, -0.1) is 0 Å². The quantitative estimate of drug-likeness (QED) is 0.807. The third kappa shape index (κ3) is 2.72. The summed E-state index contributed by atoms with van der Waals surface area (Å²) in [7, 11) is 1.70. The van der Waals surface area contributed by atoms with E-state index in [1.165, 1.54) is 16.7 Å². The van der Waals surface area contributed by atoms with Crippen molar-refractivity contribution in [2.45, 2.75) is 25.8 Å². The summed E-state index contributed by atoms with van der Waals surface area (Å²) in [4.78, 5) is 0. The lowest BCUT2D eigenvalue weighted by atomic mass is 10.1. The predicted octanol–water partition coefficient (Wildman–Crippen LogP) is 4.45. The molecule has 1 unspecified atom stereocenters. The van der Waals surface area contributed by atoms with Gasteiger partial charge in [-0.2, -0.15) is 0 Å². The molecule has 4 heteroatoms. The fraction of sp³-hybridized carbons (Fsp3) is 0.294. The number of halogens is 1. The largest absolute Gasteiger partial charge is 0.495 e. The first-order chi connectivity index (χ1) is 10.1. The van der Waals surface area contributed by atoms with Crippen molar-refractivity contribution in [3.8, 4) is 5.75 Å². The highest BCUT2D eigenvalue weighted by molar-refractivity contribution is 9.10. The van der Waals surface area contributed by atoms with Crippen LogP contribution in [-0.4, -0.2) is 7.11 Å². The number of hydrogen-bond donors (Lipinski definition) is 2. The Morgan fingerprint density at radius 1 is 1.29 bits per heavy atom. The van der Waals surface area contributed by atoms with Gasteiger partial charge in [0.15, 0.2) is 0 Å². The SMILES string of the molecule is COc1cc(Br)cc(C)c1NC1CCc2cc(N)ccc21. The third-order valence-electron chi connectivity index (χ3n) is 4.05. The van der Waals surface area contributed by atoms with Crippen molar-refractivity contribution < 1.29 is 4.74 Å². The number of nitrogen functional groups attached to an aromatic ring is 1. The number of anilines is 2. The number of nitrogens with two attached hydrogens (primary N) is 1. The fourth-order valence-corrected chi connectivity index (χ4v) is 3.57. The molecule has 21 heavy (non-hydrogen) atoms. The van der Waals surface area contributed by atoms with Crippen molar-refractivity contribution in [2.75, 3.05) is 18.2 Å². The number of benzene rings is 2. The molecule has 110 valence electrons. The molecule has 3 nitrogen and oxygen atoms in total. The molecule has 1 atom stereocenters. The van der Waals surface area contributed by atoms with Crippen LogP contribution >= 0.6 is 15.9 Å². The van der Waals surface area contributed by atoms with Gasteiger partial charge in [0, 0.05) is 10.2 Å². The molecule has 0 aromatic heterocycles. The fourth-order valence-electron chi connectivity index (χ4n) is 3.02. The minimum atomic E-state index is 0.314. The van der Waals surface area contributed by atoms with Crippen LogP contribution in [0.3, 0.4) is 0 Å². The second kappa shape index (κ2) is 5.60. The third-order valence-corrected chi connectivity index (χ3v) is 4.51. The summed E-state index contributed by atoms with van der Waals surface area (Å²) in [6, 6.07) is 10.6. The Balaban J connectivity index is 1.93. The van der Waals surface area contributed by atoms with E-state index >= 15 is 0 Å². The first kappa shape index (κ1) is 14.3. The Morgan fingerprint density at radius 3 is 2.86 bits per heavy atom. The highest BCUT2D eigenvalue weighted by Crippen LogP contribution is 2.39. The maximum Gasteiger partial charge on any atom is 0.143 e. The van der Waals surface area contributed by atoms with E-state index < -0.39 is 0 Å². The molecular formula is C17H19BrN2O. The number of fused-ring (bicyclic) bond motifs is 1. The normalized spacial score (nSPS) is 16.6. The molecule has 0 radical (unpaired) electrons.